The molecule has 0 spiro atoms. The van der Waals surface area contributed by atoms with E-state index < -0.39 is 29.6 Å². The fourth-order valence-corrected chi connectivity index (χ4v) is 1.81. The van der Waals surface area contributed by atoms with Gasteiger partial charge in [-0.3, -0.25) is 4.79 Å². The maximum Gasteiger partial charge on any atom is 0.345 e. The van der Waals surface area contributed by atoms with E-state index in [9.17, 15) is 19.8 Å². The van der Waals surface area contributed by atoms with Crippen LogP contribution in [0.15, 0.2) is 30.3 Å². The van der Waals surface area contributed by atoms with Crippen LogP contribution in [0.4, 0.5) is 0 Å². The number of ether oxygens (including phenoxy) is 1. The summed E-state index contributed by atoms with van der Waals surface area (Å²) >= 11 is 5.77. The summed E-state index contributed by atoms with van der Waals surface area (Å²) in [6.45, 7) is 4.27. The van der Waals surface area contributed by atoms with Gasteiger partial charge in [-0.15, -0.1) is 0 Å². The van der Waals surface area contributed by atoms with Crippen molar-refractivity contribution in [3.05, 3.63) is 40.9 Å². The Balaban J connectivity index is 3.12. The van der Waals surface area contributed by atoms with Crippen molar-refractivity contribution in [1.82, 2.24) is 0 Å². The normalized spacial score (nSPS) is 15.6. The van der Waals surface area contributed by atoms with E-state index in [0.717, 1.165) is 13.0 Å². The summed E-state index contributed by atoms with van der Waals surface area (Å²) in [7, 11) is 0. The number of aliphatic hydroxyl groups excluding tert-OH is 1. The Morgan fingerprint density at radius 3 is 2.27 bits per heavy atom. The average Bonchev–Trinajstić information content (AvgIpc) is 2.44. The number of aliphatic hydroxyl groups is 2. The van der Waals surface area contributed by atoms with E-state index >= 15 is 0 Å². The van der Waals surface area contributed by atoms with Crippen LogP contribution in [0.3, 0.4) is 0 Å². The molecule has 0 saturated carbocycles. The number of rotatable bonds is 6. The number of hydrogen-bond donors (Lipinski definition) is 2. The van der Waals surface area contributed by atoms with Crippen LogP contribution in [0.1, 0.15) is 26.3 Å². The molecule has 1 rings (SSSR count). The van der Waals surface area contributed by atoms with Crippen molar-refractivity contribution >= 4 is 29.4 Å². The Labute approximate surface area is 134 Å². The van der Waals surface area contributed by atoms with E-state index in [1.54, 1.807) is 38.1 Å². The standard InChI is InChI=1S/C16H19ClO5/c1-10(2)22-15(20)16(21,14(19)11(3)18)9-8-12-4-6-13(17)7-5-12/h4-10,14,19,21H,1-3H3/b9-8+/t14-,16+/m0/s1. The molecule has 0 bridgehead atoms. The highest BCUT2D eigenvalue weighted by Gasteiger charge is 2.45. The molecule has 1 aromatic carbocycles. The summed E-state index contributed by atoms with van der Waals surface area (Å²) in [5, 5.41) is 20.8. The highest BCUT2D eigenvalue weighted by molar-refractivity contribution is 6.30. The van der Waals surface area contributed by atoms with Crippen LogP contribution in [-0.2, 0) is 14.3 Å². The van der Waals surface area contributed by atoms with E-state index in [1.807, 2.05) is 0 Å². The Hall–Kier alpha value is -1.69. The summed E-state index contributed by atoms with van der Waals surface area (Å²) in [6.07, 6.45) is 0.0429. The Bertz CT molecular complexity index is 564. The molecule has 0 aliphatic heterocycles. The van der Waals surface area contributed by atoms with Crippen LogP contribution in [0.5, 0.6) is 0 Å². The third-order valence-corrected chi connectivity index (χ3v) is 3.12. The number of halogens is 1. The smallest absolute Gasteiger partial charge is 0.345 e. The van der Waals surface area contributed by atoms with Gasteiger partial charge >= 0.3 is 5.97 Å². The highest BCUT2D eigenvalue weighted by atomic mass is 35.5. The van der Waals surface area contributed by atoms with Gasteiger partial charge in [-0.1, -0.05) is 29.8 Å². The average molecular weight is 327 g/mol. The summed E-state index contributed by atoms with van der Waals surface area (Å²) in [5.74, 6) is -1.83. The Morgan fingerprint density at radius 1 is 1.27 bits per heavy atom. The van der Waals surface area contributed by atoms with Gasteiger partial charge in [-0.05, 0) is 44.5 Å². The van der Waals surface area contributed by atoms with Crippen molar-refractivity contribution < 1.29 is 24.5 Å². The first-order chi connectivity index (χ1) is 10.2. The lowest BCUT2D eigenvalue weighted by Crippen LogP contribution is -2.52. The molecule has 0 heterocycles. The number of carbonyl (C=O) groups excluding carboxylic acids is 2. The van der Waals surface area contributed by atoms with Gasteiger partial charge in [0.15, 0.2) is 11.9 Å². The molecule has 120 valence electrons. The molecule has 0 unspecified atom stereocenters. The van der Waals surface area contributed by atoms with Gasteiger partial charge in [-0.2, -0.15) is 0 Å². The van der Waals surface area contributed by atoms with Crippen LogP contribution in [-0.4, -0.2) is 39.8 Å². The molecule has 5 nitrogen and oxygen atoms in total. The molecule has 1 aromatic rings. The second-order valence-corrected chi connectivity index (χ2v) is 5.61. The molecule has 0 fully saturated rings. The van der Waals surface area contributed by atoms with E-state index in [2.05, 4.69) is 0 Å². The number of hydrogen-bond acceptors (Lipinski definition) is 5. The van der Waals surface area contributed by atoms with Gasteiger partial charge in [0.25, 0.3) is 0 Å². The van der Waals surface area contributed by atoms with Gasteiger partial charge in [0, 0.05) is 5.02 Å². The molecule has 6 heteroatoms. The number of carbonyl (C=O) groups is 2. The van der Waals surface area contributed by atoms with Crippen molar-refractivity contribution in [2.45, 2.75) is 38.6 Å². The highest BCUT2D eigenvalue weighted by Crippen LogP contribution is 2.20. The summed E-state index contributed by atoms with van der Waals surface area (Å²) in [4.78, 5) is 23.4. The Kier molecular flexibility index (Phi) is 6.29. The predicted octanol–water partition coefficient (Wildman–Crippen LogP) is 1.99. The molecular weight excluding hydrogens is 308 g/mol. The van der Waals surface area contributed by atoms with Gasteiger partial charge < -0.3 is 14.9 Å². The maximum atomic E-state index is 12.0. The van der Waals surface area contributed by atoms with Gasteiger partial charge in [0.1, 0.15) is 0 Å². The second kappa shape index (κ2) is 7.54. The zero-order chi connectivity index (χ0) is 16.9. The summed E-state index contributed by atoms with van der Waals surface area (Å²) < 4.78 is 4.92. The molecule has 0 aliphatic carbocycles. The van der Waals surface area contributed by atoms with Crippen molar-refractivity contribution in [2.24, 2.45) is 0 Å². The topological polar surface area (TPSA) is 83.8 Å². The fourth-order valence-electron chi connectivity index (χ4n) is 1.69. The van der Waals surface area contributed by atoms with Crippen LogP contribution < -0.4 is 0 Å². The largest absolute Gasteiger partial charge is 0.461 e. The Morgan fingerprint density at radius 2 is 1.82 bits per heavy atom. The fraction of sp³-hybridized carbons (Fsp3) is 0.375. The molecule has 2 atom stereocenters. The molecular formula is C16H19ClO5. The maximum absolute atomic E-state index is 12.0. The number of ketones is 1. The first kappa shape index (κ1) is 18.4. The summed E-state index contributed by atoms with van der Waals surface area (Å²) in [5.41, 5.74) is -1.81. The van der Waals surface area contributed by atoms with Crippen molar-refractivity contribution in [3.63, 3.8) is 0 Å². The van der Waals surface area contributed by atoms with E-state index in [1.165, 1.54) is 6.08 Å². The van der Waals surface area contributed by atoms with Crippen molar-refractivity contribution in [1.29, 1.82) is 0 Å². The van der Waals surface area contributed by atoms with E-state index in [-0.39, 0.29) is 0 Å². The molecule has 0 radical (unpaired) electrons. The van der Waals surface area contributed by atoms with Crippen molar-refractivity contribution in [2.75, 3.05) is 0 Å². The number of benzene rings is 1. The quantitative estimate of drug-likeness (QED) is 0.781. The van der Waals surface area contributed by atoms with E-state index in [0.29, 0.717) is 10.6 Å². The molecule has 0 aliphatic rings. The summed E-state index contributed by atoms with van der Waals surface area (Å²) in [6, 6.07) is 6.59. The molecule has 0 saturated heterocycles. The lowest BCUT2D eigenvalue weighted by Gasteiger charge is -2.27. The first-order valence-corrected chi connectivity index (χ1v) is 7.11. The van der Waals surface area contributed by atoms with Crippen LogP contribution in [0.25, 0.3) is 6.08 Å². The van der Waals surface area contributed by atoms with Gasteiger partial charge in [0.05, 0.1) is 6.10 Å². The third-order valence-electron chi connectivity index (χ3n) is 2.87. The molecule has 22 heavy (non-hydrogen) atoms. The van der Waals surface area contributed by atoms with Crippen molar-refractivity contribution in [3.8, 4) is 0 Å². The van der Waals surface area contributed by atoms with Crippen LogP contribution in [0, 0.1) is 0 Å². The molecule has 2 N–H and O–H groups in total. The third kappa shape index (κ3) is 4.66. The molecule has 0 amide bonds. The minimum atomic E-state index is -2.45. The minimum absolute atomic E-state index is 0.498. The predicted molar refractivity (Wildman–Crippen MR) is 83.4 cm³/mol. The number of Topliss-reactive ketones (excluding diaryl/α,β-unsaturated/α-hetero) is 1. The monoisotopic (exact) mass is 326 g/mol. The second-order valence-electron chi connectivity index (χ2n) is 5.18. The SMILES string of the molecule is CC(=O)[C@H](O)[C@](O)(/C=C/c1ccc(Cl)cc1)C(=O)OC(C)C. The van der Waals surface area contributed by atoms with Crippen LogP contribution in [0.2, 0.25) is 5.02 Å². The van der Waals surface area contributed by atoms with Gasteiger partial charge in [0.2, 0.25) is 5.60 Å². The van der Waals surface area contributed by atoms with E-state index in [4.69, 9.17) is 16.3 Å². The lowest BCUT2D eigenvalue weighted by molar-refractivity contribution is -0.176. The zero-order valence-electron chi connectivity index (χ0n) is 12.6. The number of esters is 1. The minimum Gasteiger partial charge on any atom is -0.461 e. The first-order valence-electron chi connectivity index (χ1n) is 6.73. The molecule has 0 aromatic heterocycles. The van der Waals surface area contributed by atoms with Gasteiger partial charge in [-0.25, -0.2) is 4.79 Å². The zero-order valence-corrected chi connectivity index (χ0v) is 13.4. The lowest BCUT2D eigenvalue weighted by atomic mass is 9.92. The van der Waals surface area contributed by atoms with Crippen LogP contribution >= 0.6 is 11.6 Å².